The third kappa shape index (κ3) is 4.84. The molecule has 0 saturated carbocycles. The molecule has 0 bridgehead atoms. The molecule has 0 aliphatic carbocycles. The largest absolute Gasteiger partial charge is 0.458 e. The minimum atomic E-state index is -3.86. The second-order valence-electron chi connectivity index (χ2n) is 7.42. The van der Waals surface area contributed by atoms with Crippen LogP contribution in [0.15, 0.2) is 63.9 Å². The average Bonchev–Trinajstić information content (AvgIpc) is 3.12. The van der Waals surface area contributed by atoms with Gasteiger partial charge in [0.1, 0.15) is 16.9 Å². The van der Waals surface area contributed by atoms with E-state index < -0.39 is 15.6 Å². The summed E-state index contributed by atoms with van der Waals surface area (Å²) in [7, 11) is -3.86. The van der Waals surface area contributed by atoms with Crippen molar-refractivity contribution in [2.45, 2.75) is 31.3 Å². The van der Waals surface area contributed by atoms with Crippen molar-refractivity contribution in [3.63, 3.8) is 0 Å². The van der Waals surface area contributed by atoms with Gasteiger partial charge >= 0.3 is 0 Å². The zero-order chi connectivity index (χ0) is 21.2. The second-order valence-corrected chi connectivity index (χ2v) is 9.18. The fraction of sp³-hybridized carbons (Fsp3) is 0.286. The number of carbonyl (C=O) groups excluding carboxylic acids is 1. The summed E-state index contributed by atoms with van der Waals surface area (Å²) in [4.78, 5) is 11.8. The van der Waals surface area contributed by atoms with Crippen LogP contribution in [0, 0.1) is 5.92 Å². The van der Waals surface area contributed by atoms with E-state index in [2.05, 4.69) is 10.0 Å². The van der Waals surface area contributed by atoms with E-state index in [0.29, 0.717) is 11.3 Å². The Hall–Kier alpha value is -2.68. The predicted octanol–water partition coefficient (Wildman–Crippen LogP) is 3.21. The predicted molar refractivity (Wildman–Crippen MR) is 111 cm³/mol. The number of hydrogen-bond donors (Lipinski definition) is 3. The first-order valence-corrected chi connectivity index (χ1v) is 10.7. The van der Waals surface area contributed by atoms with Crippen molar-refractivity contribution < 1.29 is 22.7 Å². The molecule has 3 aromatic rings. The summed E-state index contributed by atoms with van der Waals surface area (Å²) in [5.41, 5.74) is -0.404. The number of amides is 1. The summed E-state index contributed by atoms with van der Waals surface area (Å²) in [6, 6.07) is 14.8. The van der Waals surface area contributed by atoms with Crippen molar-refractivity contribution in [3.8, 4) is 0 Å². The van der Waals surface area contributed by atoms with Crippen LogP contribution in [0.2, 0.25) is 0 Å². The average molecular weight is 416 g/mol. The van der Waals surface area contributed by atoms with Crippen molar-refractivity contribution in [2.24, 2.45) is 5.92 Å². The zero-order valence-corrected chi connectivity index (χ0v) is 17.3. The number of aliphatic hydroxyl groups is 1. The Bertz CT molecular complexity index is 1080. The highest BCUT2D eigenvalue weighted by molar-refractivity contribution is 7.89. The quantitative estimate of drug-likeness (QED) is 0.548. The lowest BCUT2D eigenvalue weighted by Crippen LogP contribution is -2.38. The van der Waals surface area contributed by atoms with Crippen LogP contribution >= 0.6 is 0 Å². The topological polar surface area (TPSA) is 109 Å². The van der Waals surface area contributed by atoms with Crippen molar-refractivity contribution in [2.75, 3.05) is 11.9 Å². The molecule has 0 spiro atoms. The standard InChI is InChI=1S/C21H24N2O5S/c1-14(2)20(24)23-16-8-10-17(11-9-16)29(26,27)22-13-21(3,25)19-12-15-6-4-5-7-18(15)28-19/h4-12,14,22,25H,13H2,1-3H3,(H,23,24). The lowest BCUT2D eigenvalue weighted by molar-refractivity contribution is -0.118. The van der Waals surface area contributed by atoms with Crippen LogP contribution in [0.1, 0.15) is 26.5 Å². The number of benzene rings is 2. The van der Waals surface area contributed by atoms with Crippen LogP contribution in [0.25, 0.3) is 11.0 Å². The van der Waals surface area contributed by atoms with E-state index in [9.17, 15) is 18.3 Å². The van der Waals surface area contributed by atoms with E-state index in [1.807, 2.05) is 18.2 Å². The molecule has 0 fully saturated rings. The maximum Gasteiger partial charge on any atom is 0.240 e. The fourth-order valence-corrected chi connectivity index (χ4v) is 3.79. The van der Waals surface area contributed by atoms with Gasteiger partial charge in [-0.05, 0) is 43.3 Å². The van der Waals surface area contributed by atoms with Crippen LogP contribution in [-0.4, -0.2) is 26.0 Å². The van der Waals surface area contributed by atoms with Crippen molar-refractivity contribution in [3.05, 3.63) is 60.4 Å². The Labute approximate surface area is 169 Å². The van der Waals surface area contributed by atoms with Gasteiger partial charge in [-0.25, -0.2) is 13.1 Å². The summed E-state index contributed by atoms with van der Waals surface area (Å²) in [6.45, 7) is 4.76. The lowest BCUT2D eigenvalue weighted by atomic mass is 10.0. The number of hydrogen-bond acceptors (Lipinski definition) is 5. The Kier molecular flexibility index (Phi) is 5.79. The van der Waals surface area contributed by atoms with Gasteiger partial charge in [-0.3, -0.25) is 4.79 Å². The van der Waals surface area contributed by atoms with Gasteiger partial charge in [-0.1, -0.05) is 32.0 Å². The van der Waals surface area contributed by atoms with E-state index >= 15 is 0 Å². The van der Waals surface area contributed by atoms with E-state index in [1.165, 1.54) is 31.2 Å². The van der Waals surface area contributed by atoms with Crippen LogP contribution < -0.4 is 10.0 Å². The van der Waals surface area contributed by atoms with Gasteiger partial charge in [0, 0.05) is 23.5 Å². The van der Waals surface area contributed by atoms with Gasteiger partial charge in [0.05, 0.1) is 4.90 Å². The second kappa shape index (κ2) is 7.98. The highest BCUT2D eigenvalue weighted by Gasteiger charge is 2.30. The summed E-state index contributed by atoms with van der Waals surface area (Å²) < 4.78 is 33.2. The number of anilines is 1. The number of para-hydroxylation sites is 1. The van der Waals surface area contributed by atoms with Gasteiger partial charge in [0.25, 0.3) is 0 Å². The number of rotatable bonds is 7. The van der Waals surface area contributed by atoms with E-state index in [1.54, 1.807) is 26.0 Å². The molecule has 2 aromatic carbocycles. The van der Waals surface area contributed by atoms with Crippen LogP contribution in [-0.2, 0) is 20.4 Å². The first kappa shape index (κ1) is 21.0. The van der Waals surface area contributed by atoms with Gasteiger partial charge < -0.3 is 14.8 Å². The first-order chi connectivity index (χ1) is 13.6. The van der Waals surface area contributed by atoms with E-state index in [4.69, 9.17) is 4.42 Å². The third-order valence-corrected chi connectivity index (χ3v) is 5.94. The number of carbonyl (C=O) groups is 1. The van der Waals surface area contributed by atoms with Gasteiger partial charge in [0.2, 0.25) is 15.9 Å². The molecule has 0 saturated heterocycles. The van der Waals surface area contributed by atoms with Crippen molar-refractivity contribution in [1.29, 1.82) is 0 Å². The molecule has 1 amide bonds. The molecule has 154 valence electrons. The van der Waals surface area contributed by atoms with Gasteiger partial charge in [-0.15, -0.1) is 0 Å². The molecule has 3 N–H and O–H groups in total. The van der Waals surface area contributed by atoms with Crippen molar-refractivity contribution >= 4 is 32.6 Å². The van der Waals surface area contributed by atoms with Crippen LogP contribution in [0.4, 0.5) is 5.69 Å². The van der Waals surface area contributed by atoms with Crippen LogP contribution in [0.3, 0.4) is 0 Å². The molecule has 8 heteroatoms. The molecule has 0 radical (unpaired) electrons. The number of furan rings is 1. The maximum absolute atomic E-state index is 12.6. The molecule has 0 aliphatic rings. The fourth-order valence-electron chi connectivity index (χ4n) is 2.66. The molecule has 0 aliphatic heterocycles. The molecule has 1 unspecified atom stereocenters. The smallest absolute Gasteiger partial charge is 0.240 e. The highest BCUT2D eigenvalue weighted by atomic mass is 32.2. The SMILES string of the molecule is CC(C)C(=O)Nc1ccc(S(=O)(=O)NCC(C)(O)c2cc3ccccc3o2)cc1. The highest BCUT2D eigenvalue weighted by Crippen LogP contribution is 2.28. The zero-order valence-electron chi connectivity index (χ0n) is 16.5. The van der Waals surface area contributed by atoms with Gasteiger partial charge in [0.15, 0.2) is 0 Å². The summed E-state index contributed by atoms with van der Waals surface area (Å²) >= 11 is 0. The molecule has 3 rings (SSSR count). The minimum absolute atomic E-state index is 0.0282. The first-order valence-electron chi connectivity index (χ1n) is 9.20. The Balaban J connectivity index is 1.70. The summed E-state index contributed by atoms with van der Waals surface area (Å²) in [6.07, 6.45) is 0. The number of fused-ring (bicyclic) bond motifs is 1. The molecular weight excluding hydrogens is 392 g/mol. The lowest BCUT2D eigenvalue weighted by Gasteiger charge is -2.21. The summed E-state index contributed by atoms with van der Waals surface area (Å²) in [5.74, 6) is -0.0608. The molecule has 7 nitrogen and oxygen atoms in total. The number of sulfonamides is 1. The van der Waals surface area contributed by atoms with Crippen molar-refractivity contribution in [1.82, 2.24) is 4.72 Å². The summed E-state index contributed by atoms with van der Waals surface area (Å²) in [5, 5.41) is 14.3. The molecule has 1 atom stereocenters. The molecule has 1 aromatic heterocycles. The molecular formula is C21H24N2O5S. The normalized spacial score (nSPS) is 14.1. The van der Waals surface area contributed by atoms with E-state index in [0.717, 1.165) is 5.39 Å². The molecule has 1 heterocycles. The Morgan fingerprint density at radius 1 is 1.14 bits per heavy atom. The maximum atomic E-state index is 12.6. The Morgan fingerprint density at radius 2 is 1.79 bits per heavy atom. The monoisotopic (exact) mass is 416 g/mol. The minimum Gasteiger partial charge on any atom is -0.458 e. The van der Waals surface area contributed by atoms with E-state index in [-0.39, 0.29) is 29.0 Å². The third-order valence-electron chi connectivity index (χ3n) is 4.52. The number of nitrogens with one attached hydrogen (secondary N) is 2. The molecule has 29 heavy (non-hydrogen) atoms. The Morgan fingerprint density at radius 3 is 2.41 bits per heavy atom. The van der Waals surface area contributed by atoms with Gasteiger partial charge in [-0.2, -0.15) is 0 Å². The van der Waals surface area contributed by atoms with Crippen LogP contribution in [0.5, 0.6) is 0 Å².